The Morgan fingerprint density at radius 3 is 2.24 bits per heavy atom. The van der Waals surface area contributed by atoms with Gasteiger partial charge < -0.3 is 34.5 Å². The van der Waals surface area contributed by atoms with Gasteiger partial charge in [0.25, 0.3) is 0 Å². The van der Waals surface area contributed by atoms with Crippen LogP contribution in [0.4, 0.5) is 4.39 Å². The normalized spacial score (nSPS) is 16.9. The Kier molecular flexibility index (Phi) is 24.6. The number of halogens is 1. The Morgan fingerprint density at radius 1 is 0.949 bits per heavy atom. The van der Waals surface area contributed by atoms with E-state index >= 15 is 4.39 Å². The summed E-state index contributed by atoms with van der Waals surface area (Å²) in [5.74, 6) is 0.350. The van der Waals surface area contributed by atoms with Gasteiger partial charge >= 0.3 is 0 Å². The molecular weight excluding hydrogens is 976 g/mol. The van der Waals surface area contributed by atoms with E-state index in [0.29, 0.717) is 23.3 Å². The van der Waals surface area contributed by atoms with E-state index in [1.54, 1.807) is 13.0 Å². The van der Waals surface area contributed by atoms with Crippen molar-refractivity contribution in [3.63, 3.8) is 0 Å². The fourth-order valence-corrected chi connectivity index (χ4v) is 11.9. The lowest BCUT2D eigenvalue weighted by atomic mass is 9.78. The zero-order valence-corrected chi connectivity index (χ0v) is 51.2. The van der Waals surface area contributed by atoms with Crippen molar-refractivity contribution >= 4 is 16.5 Å². The highest BCUT2D eigenvalue weighted by Crippen LogP contribution is 2.43. The lowest BCUT2D eigenvalue weighted by molar-refractivity contribution is 0.143. The molecule has 10 nitrogen and oxygen atoms in total. The lowest BCUT2D eigenvalue weighted by Crippen LogP contribution is -2.50. The molecular formula is C68H103FN10. The van der Waals surface area contributed by atoms with E-state index in [1.807, 2.05) is 56.8 Å². The minimum atomic E-state index is -1.17. The summed E-state index contributed by atoms with van der Waals surface area (Å²) in [6.07, 6.45) is 21.0. The molecule has 0 radical (unpaired) electrons. The number of hydrazine groups is 1. The van der Waals surface area contributed by atoms with Crippen LogP contribution in [0.2, 0.25) is 0 Å². The number of benzene rings is 1. The topological polar surface area (TPSA) is 71.0 Å². The van der Waals surface area contributed by atoms with Crippen molar-refractivity contribution in [2.24, 2.45) is 16.7 Å². The van der Waals surface area contributed by atoms with E-state index in [9.17, 15) is 0 Å². The van der Waals surface area contributed by atoms with Crippen LogP contribution in [0.1, 0.15) is 129 Å². The van der Waals surface area contributed by atoms with Gasteiger partial charge in [-0.2, -0.15) is 0 Å². The standard InChI is InChI=1S/C50H70FN7.C11H20N2.C7H13N/c1-14-17-24-50(10,11)32-43-42-29-38(22-23-46(42)57(16-3)49(43)41-21-20-25-52-47(41)34(6)15-2)45-30-39(35(7)51)28-40(55-45)31-44(37(9)58-27-19-18-26-53-58)54-36(8)48(33(4)5)56(12)13;1-3-13-8-5-11(6-9-13)4-7-12(2)10-11;1-4-5-6-7-8(2)3/h14,20-23,25,28-30,33,35,44,48,53-54H,1,6,8-9,15-19,24,26-27,31-32H2,2-5,7,10-13H3;3H,1,4-10H2,2H3;4-6H,1,7H2,2-3H3/b;;6-5+. The lowest BCUT2D eigenvalue weighted by Gasteiger charge is -2.38. The fraction of sp³-hybridized carbons (Fsp3) is 0.529. The van der Waals surface area contributed by atoms with Crippen LogP contribution in [0.5, 0.6) is 0 Å². The number of hydrogen-bond acceptors (Lipinski definition) is 9. The molecule has 6 heterocycles. The number of allylic oxidation sites excluding steroid dienone is 4. The molecule has 3 aromatic heterocycles. The van der Waals surface area contributed by atoms with Gasteiger partial charge in [-0.1, -0.05) is 97.9 Å². The number of hydrogen-bond donors (Lipinski definition) is 2. The second kappa shape index (κ2) is 30.3. The predicted octanol–water partition coefficient (Wildman–Crippen LogP) is 14.3. The Labute approximate surface area is 479 Å². The van der Waals surface area contributed by atoms with Crippen LogP contribution in [0, 0.1) is 16.7 Å². The number of nitrogens with zero attached hydrogens (tertiary/aromatic N) is 8. The van der Waals surface area contributed by atoms with Gasteiger partial charge in [-0.05, 0) is 189 Å². The largest absolute Gasteiger partial charge is 0.379 e. The van der Waals surface area contributed by atoms with E-state index in [0.717, 1.165) is 115 Å². The van der Waals surface area contributed by atoms with Crippen molar-refractivity contribution in [2.75, 3.05) is 81.1 Å². The van der Waals surface area contributed by atoms with Gasteiger partial charge in [-0.25, -0.2) is 9.82 Å². The van der Waals surface area contributed by atoms with Crippen LogP contribution in [0.3, 0.4) is 0 Å². The molecule has 0 amide bonds. The third-order valence-electron chi connectivity index (χ3n) is 16.3. The number of alkyl halides is 1. The van der Waals surface area contributed by atoms with Crippen LogP contribution >= 0.6 is 0 Å². The molecule has 3 atom stereocenters. The third kappa shape index (κ3) is 17.7. The quantitative estimate of drug-likeness (QED) is 0.0527. The van der Waals surface area contributed by atoms with E-state index in [1.165, 1.54) is 62.1 Å². The van der Waals surface area contributed by atoms with E-state index in [-0.39, 0.29) is 17.5 Å². The zero-order chi connectivity index (χ0) is 58.0. The molecule has 1 spiro atoms. The highest BCUT2D eigenvalue weighted by Gasteiger charge is 2.39. The third-order valence-corrected chi connectivity index (χ3v) is 16.3. The molecule has 3 aliphatic rings. The maximum absolute atomic E-state index is 15.5. The van der Waals surface area contributed by atoms with Gasteiger partial charge in [0.1, 0.15) is 6.17 Å². The summed E-state index contributed by atoms with van der Waals surface area (Å²) in [4.78, 5) is 19.3. The highest BCUT2D eigenvalue weighted by molar-refractivity contribution is 5.96. The number of aryl methyl sites for hydroxylation is 1. The molecule has 1 aromatic carbocycles. The monoisotopic (exact) mass is 1080 g/mol. The molecule has 4 aromatic rings. The SMILES string of the molecule is C=C/C=C/CN(C)C.C=CCCC(C)(C)Cc1c(-c2cccnc2C(=C)CC)n(CC)c2ccc(-c3cc(C(C)F)cc(CC(NC(=C)C(C(C)C)N(C)C)C(=C)N4CCCCN4)n3)cc12.C=CN1CCC2(CCN(C)C2)CC1. The number of pyridine rings is 2. The maximum Gasteiger partial charge on any atom is 0.122 e. The first kappa shape index (κ1) is 64.2. The van der Waals surface area contributed by atoms with Crippen molar-refractivity contribution < 1.29 is 4.39 Å². The zero-order valence-electron chi connectivity index (χ0n) is 51.2. The molecule has 3 aliphatic heterocycles. The summed E-state index contributed by atoms with van der Waals surface area (Å²) < 4.78 is 17.9. The van der Waals surface area contributed by atoms with Gasteiger partial charge in [-0.15, -0.1) is 6.58 Å². The number of rotatable bonds is 24. The molecule has 3 unspecified atom stereocenters. The van der Waals surface area contributed by atoms with Crippen LogP contribution in [-0.2, 0) is 19.4 Å². The smallest absolute Gasteiger partial charge is 0.122 e. The number of likely N-dealkylation sites (N-methyl/N-ethyl adjacent to an activating group) is 2. The van der Waals surface area contributed by atoms with Crippen LogP contribution in [0.15, 0.2) is 130 Å². The Bertz CT molecular complexity index is 2660. The Balaban J connectivity index is 0.000000451. The van der Waals surface area contributed by atoms with Crippen LogP contribution in [0.25, 0.3) is 39.0 Å². The second-order valence-electron chi connectivity index (χ2n) is 24.2. The molecule has 11 heteroatoms. The van der Waals surface area contributed by atoms with Crippen LogP contribution < -0.4 is 10.7 Å². The first-order valence-electron chi connectivity index (χ1n) is 29.5. The number of nitrogens with one attached hydrogen (secondary N) is 2. The molecule has 7 rings (SSSR count). The molecule has 3 fully saturated rings. The van der Waals surface area contributed by atoms with Crippen molar-refractivity contribution in [1.82, 2.24) is 49.9 Å². The first-order valence-corrected chi connectivity index (χ1v) is 29.5. The summed E-state index contributed by atoms with van der Waals surface area (Å²) in [7, 11) is 10.5. The van der Waals surface area contributed by atoms with Gasteiger partial charge in [-0.3, -0.25) is 9.97 Å². The average Bonchev–Trinajstić information content (AvgIpc) is 4.20. The molecule has 3 saturated heterocycles. The molecule has 0 saturated carbocycles. The van der Waals surface area contributed by atoms with Crippen molar-refractivity contribution in [2.45, 2.75) is 137 Å². The van der Waals surface area contributed by atoms with Gasteiger partial charge in [0.2, 0.25) is 0 Å². The van der Waals surface area contributed by atoms with Crippen molar-refractivity contribution in [1.29, 1.82) is 0 Å². The first-order chi connectivity index (χ1) is 37.6. The molecule has 2 N–H and O–H groups in total. The number of piperidine rings is 1. The van der Waals surface area contributed by atoms with Gasteiger partial charge in [0.05, 0.1) is 29.2 Å². The summed E-state index contributed by atoms with van der Waals surface area (Å²) in [6, 6.07) is 14.7. The molecule has 432 valence electrons. The maximum atomic E-state index is 15.5. The van der Waals surface area contributed by atoms with Gasteiger partial charge in [0, 0.05) is 97.5 Å². The van der Waals surface area contributed by atoms with E-state index in [2.05, 4.69) is 172 Å². The Morgan fingerprint density at radius 2 is 1.67 bits per heavy atom. The fourth-order valence-electron chi connectivity index (χ4n) is 11.9. The number of aromatic nitrogens is 3. The minimum Gasteiger partial charge on any atom is -0.379 e. The highest BCUT2D eigenvalue weighted by atomic mass is 19.1. The molecule has 0 aliphatic carbocycles. The van der Waals surface area contributed by atoms with Gasteiger partial charge in [0.15, 0.2) is 0 Å². The summed E-state index contributed by atoms with van der Waals surface area (Å²) in [6.45, 7) is 48.7. The van der Waals surface area contributed by atoms with Crippen molar-refractivity contribution in [3.05, 3.63) is 153 Å². The number of likely N-dealkylation sites (tertiary alicyclic amines) is 2. The summed E-state index contributed by atoms with van der Waals surface area (Å²) in [5.41, 5.74) is 15.9. The number of fused-ring (bicyclic) bond motifs is 1. The van der Waals surface area contributed by atoms with Crippen molar-refractivity contribution in [3.8, 4) is 22.5 Å². The average molecular weight is 1080 g/mol. The van der Waals surface area contributed by atoms with E-state index < -0.39 is 6.17 Å². The minimum absolute atomic E-state index is 0.00369. The summed E-state index contributed by atoms with van der Waals surface area (Å²) in [5, 5.41) is 7.13. The molecule has 0 bridgehead atoms. The summed E-state index contributed by atoms with van der Waals surface area (Å²) >= 11 is 0. The van der Waals surface area contributed by atoms with E-state index in [4.69, 9.17) is 9.97 Å². The molecule has 79 heavy (non-hydrogen) atoms. The predicted molar refractivity (Wildman–Crippen MR) is 338 cm³/mol. The second-order valence-corrected chi connectivity index (χ2v) is 24.2. The van der Waals surface area contributed by atoms with Crippen LogP contribution in [-0.4, -0.2) is 132 Å². The Hall–Kier alpha value is -5.59.